The van der Waals surface area contributed by atoms with Gasteiger partial charge in [0, 0.05) is 0 Å². The number of hydrogen-bond donors (Lipinski definition) is 0. The van der Waals surface area contributed by atoms with Crippen LogP contribution < -0.4 is 0 Å². The van der Waals surface area contributed by atoms with Crippen LogP contribution in [0.5, 0.6) is 0 Å². The van der Waals surface area contributed by atoms with E-state index in [0.29, 0.717) is 0 Å². The van der Waals surface area contributed by atoms with Gasteiger partial charge in [0.2, 0.25) is 0 Å². The fourth-order valence-corrected chi connectivity index (χ4v) is 4.47. The molecule has 0 aromatic heterocycles. The molecular formula is C28H18. The number of benzene rings is 5. The molecule has 28 heavy (non-hydrogen) atoms. The van der Waals surface area contributed by atoms with Crippen LogP contribution in [0.3, 0.4) is 0 Å². The van der Waals surface area contributed by atoms with Crippen molar-refractivity contribution in [1.29, 1.82) is 0 Å². The smallest absolute Gasteiger partial charge is 0.00259 e. The normalized spacial score (nSPS) is 11.6. The van der Waals surface area contributed by atoms with Crippen molar-refractivity contribution in [3.8, 4) is 44.5 Å². The fraction of sp³-hybridized carbons (Fsp3) is 0. The zero-order valence-electron chi connectivity index (χ0n) is 15.4. The van der Waals surface area contributed by atoms with Crippen LogP contribution in [0.2, 0.25) is 0 Å². The summed E-state index contributed by atoms with van der Waals surface area (Å²) in [6.45, 7) is 0. The van der Waals surface area contributed by atoms with Gasteiger partial charge in [0.05, 0.1) is 0 Å². The average molecular weight is 354 g/mol. The molecule has 0 nitrogen and oxygen atoms in total. The first-order valence-electron chi connectivity index (χ1n) is 9.71. The Labute approximate surface area is 164 Å². The van der Waals surface area contributed by atoms with Gasteiger partial charge in [-0.1, -0.05) is 91.0 Å². The lowest BCUT2D eigenvalue weighted by molar-refractivity contribution is 1.61. The number of fused-ring (bicyclic) bond motifs is 3. The predicted molar refractivity (Wildman–Crippen MR) is 119 cm³/mol. The average Bonchev–Trinajstić information content (AvgIpc) is 3.10. The van der Waals surface area contributed by atoms with Crippen molar-refractivity contribution in [3.63, 3.8) is 0 Å². The first kappa shape index (κ1) is 15.4. The van der Waals surface area contributed by atoms with E-state index in [4.69, 9.17) is 0 Å². The molecule has 0 unspecified atom stereocenters. The van der Waals surface area contributed by atoms with Crippen LogP contribution in [-0.4, -0.2) is 0 Å². The molecule has 0 N–H and O–H groups in total. The minimum Gasteiger partial charge on any atom is -0.0622 e. The van der Waals surface area contributed by atoms with Crippen LogP contribution in [0.1, 0.15) is 0 Å². The molecule has 6 rings (SSSR count). The van der Waals surface area contributed by atoms with Gasteiger partial charge in [0.1, 0.15) is 0 Å². The number of rotatable bonds is 2. The van der Waals surface area contributed by atoms with Crippen LogP contribution in [0.25, 0.3) is 55.3 Å². The lowest BCUT2D eigenvalue weighted by atomic mass is 9.95. The van der Waals surface area contributed by atoms with E-state index in [1.807, 2.05) is 0 Å². The monoisotopic (exact) mass is 354 g/mol. The Morgan fingerprint density at radius 2 is 1.00 bits per heavy atom. The van der Waals surface area contributed by atoms with E-state index >= 15 is 0 Å². The maximum absolute atomic E-state index is 2.36. The van der Waals surface area contributed by atoms with E-state index < -0.39 is 0 Å². The summed E-state index contributed by atoms with van der Waals surface area (Å²) >= 11 is 0. The summed E-state index contributed by atoms with van der Waals surface area (Å²) in [7, 11) is 0. The van der Waals surface area contributed by atoms with Crippen LogP contribution in [0.15, 0.2) is 109 Å². The maximum Gasteiger partial charge on any atom is -0.00259 e. The molecule has 0 atom stereocenters. The summed E-state index contributed by atoms with van der Waals surface area (Å²) in [6.07, 6.45) is 0. The first-order valence-corrected chi connectivity index (χ1v) is 9.71. The SMILES string of the molecule is c1ccc(-c2ccc3c(c2)-c2cc(-c4ccccc4)cc4cccc-3c24)cc1. The van der Waals surface area contributed by atoms with Gasteiger partial charge in [-0.2, -0.15) is 0 Å². The van der Waals surface area contributed by atoms with E-state index in [1.165, 1.54) is 55.3 Å². The van der Waals surface area contributed by atoms with Crippen molar-refractivity contribution in [2.75, 3.05) is 0 Å². The van der Waals surface area contributed by atoms with Crippen molar-refractivity contribution in [2.45, 2.75) is 0 Å². The molecule has 0 radical (unpaired) electrons. The zero-order chi connectivity index (χ0) is 18.5. The molecule has 5 aromatic carbocycles. The Morgan fingerprint density at radius 1 is 0.321 bits per heavy atom. The van der Waals surface area contributed by atoms with Gasteiger partial charge in [-0.3, -0.25) is 0 Å². The second-order valence-corrected chi connectivity index (χ2v) is 7.42. The third kappa shape index (κ3) is 2.25. The third-order valence-corrected chi connectivity index (χ3v) is 5.79. The Balaban J connectivity index is 1.63. The minimum absolute atomic E-state index is 1.26. The summed E-state index contributed by atoms with van der Waals surface area (Å²) in [6, 6.07) is 39.5. The first-order chi connectivity index (χ1) is 13.9. The van der Waals surface area contributed by atoms with Crippen LogP contribution in [0.4, 0.5) is 0 Å². The van der Waals surface area contributed by atoms with E-state index in [0.717, 1.165) is 0 Å². The summed E-state index contributed by atoms with van der Waals surface area (Å²) in [4.78, 5) is 0. The van der Waals surface area contributed by atoms with Gasteiger partial charge in [-0.25, -0.2) is 0 Å². The molecule has 0 heteroatoms. The highest BCUT2D eigenvalue weighted by atomic mass is 14.3. The molecule has 5 aromatic rings. The molecule has 1 aliphatic rings. The highest BCUT2D eigenvalue weighted by Gasteiger charge is 2.22. The summed E-state index contributed by atoms with van der Waals surface area (Å²) in [5, 5.41) is 2.69. The Kier molecular flexibility index (Phi) is 3.27. The van der Waals surface area contributed by atoms with Gasteiger partial charge in [-0.15, -0.1) is 0 Å². The standard InChI is InChI=1S/C28H18/c1-3-8-19(9-4-1)21-14-15-24-25-13-7-12-22-16-23(20-10-5-2-6-11-20)18-27(28(22)25)26(24)17-21/h1-18H. The molecule has 0 heterocycles. The number of hydrogen-bond acceptors (Lipinski definition) is 0. The van der Waals surface area contributed by atoms with Gasteiger partial charge < -0.3 is 0 Å². The lowest BCUT2D eigenvalue weighted by Gasteiger charge is -2.09. The Morgan fingerprint density at radius 3 is 1.75 bits per heavy atom. The maximum atomic E-state index is 2.36. The van der Waals surface area contributed by atoms with Gasteiger partial charge >= 0.3 is 0 Å². The minimum atomic E-state index is 1.26. The van der Waals surface area contributed by atoms with Gasteiger partial charge in [0.25, 0.3) is 0 Å². The van der Waals surface area contributed by atoms with E-state index in [-0.39, 0.29) is 0 Å². The Bertz CT molecular complexity index is 1330. The lowest BCUT2D eigenvalue weighted by Crippen LogP contribution is -1.83. The van der Waals surface area contributed by atoms with E-state index in [1.54, 1.807) is 0 Å². The summed E-state index contributed by atoms with van der Waals surface area (Å²) < 4.78 is 0. The summed E-state index contributed by atoms with van der Waals surface area (Å²) in [5.41, 5.74) is 10.4. The van der Waals surface area contributed by atoms with Crippen molar-refractivity contribution < 1.29 is 0 Å². The molecule has 0 aliphatic heterocycles. The zero-order valence-corrected chi connectivity index (χ0v) is 15.4. The van der Waals surface area contributed by atoms with Crippen LogP contribution in [-0.2, 0) is 0 Å². The van der Waals surface area contributed by atoms with Crippen molar-refractivity contribution in [1.82, 2.24) is 0 Å². The molecule has 0 saturated carbocycles. The highest BCUT2D eigenvalue weighted by molar-refractivity contribution is 6.16. The second kappa shape index (κ2) is 5.94. The summed E-state index contributed by atoms with van der Waals surface area (Å²) in [5.74, 6) is 0. The van der Waals surface area contributed by atoms with Crippen molar-refractivity contribution in [3.05, 3.63) is 109 Å². The van der Waals surface area contributed by atoms with Gasteiger partial charge in [0.15, 0.2) is 0 Å². The quantitative estimate of drug-likeness (QED) is 0.297. The molecule has 0 bridgehead atoms. The van der Waals surface area contributed by atoms with Gasteiger partial charge in [-0.05, 0) is 73.5 Å². The second-order valence-electron chi connectivity index (χ2n) is 7.42. The predicted octanol–water partition coefficient (Wildman–Crippen LogP) is 7.82. The Hall–Kier alpha value is -3.64. The molecule has 0 amide bonds. The molecule has 0 saturated heterocycles. The van der Waals surface area contributed by atoms with Crippen LogP contribution >= 0.6 is 0 Å². The molecule has 0 fully saturated rings. The van der Waals surface area contributed by atoms with E-state index in [9.17, 15) is 0 Å². The molecule has 130 valence electrons. The van der Waals surface area contributed by atoms with Crippen molar-refractivity contribution >= 4 is 10.8 Å². The largest absolute Gasteiger partial charge is 0.0622 e. The molecule has 0 spiro atoms. The molecular weight excluding hydrogens is 336 g/mol. The fourth-order valence-electron chi connectivity index (χ4n) is 4.47. The molecule has 1 aliphatic carbocycles. The van der Waals surface area contributed by atoms with Crippen LogP contribution in [0, 0.1) is 0 Å². The highest BCUT2D eigenvalue weighted by Crippen LogP contribution is 2.49. The van der Waals surface area contributed by atoms with E-state index in [2.05, 4.69) is 109 Å². The third-order valence-electron chi connectivity index (χ3n) is 5.79. The van der Waals surface area contributed by atoms with Crippen molar-refractivity contribution in [2.24, 2.45) is 0 Å². The topological polar surface area (TPSA) is 0 Å².